The number of nitrogens with zero attached hydrogens (tertiary/aromatic N) is 5. The van der Waals surface area contributed by atoms with Gasteiger partial charge in [0.15, 0.2) is 11.0 Å². The van der Waals surface area contributed by atoms with E-state index in [0.29, 0.717) is 16.7 Å². The second kappa shape index (κ2) is 10.1. The van der Waals surface area contributed by atoms with Crippen molar-refractivity contribution >= 4 is 40.8 Å². The molecular formula is C28H21N5O2S2. The molecule has 2 aromatic heterocycles. The fourth-order valence-electron chi connectivity index (χ4n) is 4.25. The van der Waals surface area contributed by atoms with Crippen LogP contribution in [0.5, 0.6) is 5.75 Å². The number of ether oxygens (including phenoxy) is 1. The molecule has 37 heavy (non-hydrogen) atoms. The molecule has 0 aliphatic carbocycles. The molecule has 0 bridgehead atoms. The highest BCUT2D eigenvalue weighted by Crippen LogP contribution is 2.48. The van der Waals surface area contributed by atoms with Gasteiger partial charge in [0, 0.05) is 27.7 Å². The number of rotatable bonds is 6. The lowest BCUT2D eigenvalue weighted by molar-refractivity contribution is -0.115. The zero-order valence-corrected chi connectivity index (χ0v) is 21.4. The molecule has 1 aliphatic heterocycles. The van der Waals surface area contributed by atoms with Crippen molar-refractivity contribution in [1.29, 1.82) is 0 Å². The summed E-state index contributed by atoms with van der Waals surface area (Å²) in [5.41, 5.74) is 3.44. The summed E-state index contributed by atoms with van der Waals surface area (Å²) in [6.07, 6.45) is 3.44. The molecule has 5 aromatic rings. The monoisotopic (exact) mass is 523 g/mol. The Labute approximate surface area is 222 Å². The Morgan fingerprint density at radius 3 is 2.14 bits per heavy atom. The number of fused-ring (bicyclic) bond motifs is 2. The van der Waals surface area contributed by atoms with Crippen molar-refractivity contribution in [2.75, 3.05) is 17.8 Å². The minimum Gasteiger partial charge on any atom is -0.495 e. The number of anilines is 2. The highest BCUT2D eigenvalue weighted by molar-refractivity contribution is 8.00. The van der Waals surface area contributed by atoms with E-state index in [1.165, 1.54) is 11.8 Å². The summed E-state index contributed by atoms with van der Waals surface area (Å²) in [6, 6.07) is 27.4. The molecule has 0 saturated carbocycles. The Morgan fingerprint density at radius 2 is 1.46 bits per heavy atom. The van der Waals surface area contributed by atoms with Crippen molar-refractivity contribution in [2.45, 2.75) is 14.9 Å². The maximum absolute atomic E-state index is 13.8. The summed E-state index contributed by atoms with van der Waals surface area (Å²) in [4.78, 5) is 21.8. The molecule has 0 spiro atoms. The predicted molar refractivity (Wildman–Crippen MR) is 146 cm³/mol. The lowest BCUT2D eigenvalue weighted by Gasteiger charge is -2.30. The highest BCUT2D eigenvalue weighted by Gasteiger charge is 2.28. The van der Waals surface area contributed by atoms with E-state index < -0.39 is 0 Å². The van der Waals surface area contributed by atoms with Crippen LogP contribution in [0.3, 0.4) is 0 Å². The summed E-state index contributed by atoms with van der Waals surface area (Å²) < 4.78 is 7.57. The molecule has 9 heteroatoms. The first-order valence-corrected chi connectivity index (χ1v) is 13.4. The molecule has 0 unspecified atom stereocenters. The number of hydrogen-bond donors (Lipinski definition) is 0. The van der Waals surface area contributed by atoms with Gasteiger partial charge in [-0.05, 0) is 48.5 Å². The third-order valence-electron chi connectivity index (χ3n) is 5.90. The molecule has 7 nitrogen and oxygen atoms in total. The zero-order valence-electron chi connectivity index (χ0n) is 19.8. The average molecular weight is 524 g/mol. The van der Waals surface area contributed by atoms with Crippen LogP contribution in [0.1, 0.15) is 0 Å². The van der Waals surface area contributed by atoms with Crippen LogP contribution in [0.4, 0.5) is 11.4 Å². The number of carbonyl (C=O) groups is 1. The quantitative estimate of drug-likeness (QED) is 0.243. The minimum absolute atomic E-state index is 0.0368. The summed E-state index contributed by atoms with van der Waals surface area (Å²) in [7, 11) is 1.63. The Hall–Kier alpha value is -4.08. The molecular weight excluding hydrogens is 502 g/mol. The Balaban J connectivity index is 1.37. The van der Waals surface area contributed by atoms with E-state index in [2.05, 4.69) is 15.2 Å². The first kappa shape index (κ1) is 23.3. The van der Waals surface area contributed by atoms with Gasteiger partial charge in [0.1, 0.15) is 5.75 Å². The zero-order chi connectivity index (χ0) is 25.2. The smallest absolute Gasteiger partial charge is 0.242 e. The minimum atomic E-state index is -0.0368. The van der Waals surface area contributed by atoms with Gasteiger partial charge in [-0.1, -0.05) is 59.9 Å². The van der Waals surface area contributed by atoms with Crippen molar-refractivity contribution in [2.24, 2.45) is 0 Å². The molecule has 0 N–H and O–H groups in total. The summed E-state index contributed by atoms with van der Waals surface area (Å²) in [6.45, 7) is 0. The van der Waals surface area contributed by atoms with Crippen molar-refractivity contribution in [3.8, 4) is 22.8 Å². The summed E-state index contributed by atoms with van der Waals surface area (Å²) >= 11 is 3.02. The van der Waals surface area contributed by atoms with E-state index in [-0.39, 0.29) is 11.7 Å². The number of carbonyl (C=O) groups excluding carboxylic acids is 1. The van der Waals surface area contributed by atoms with Crippen LogP contribution >= 0.6 is 23.5 Å². The maximum atomic E-state index is 13.8. The first-order chi connectivity index (χ1) is 18.2. The molecule has 3 aromatic carbocycles. The molecule has 6 rings (SSSR count). The highest BCUT2D eigenvalue weighted by atomic mass is 32.2. The number of aromatic nitrogens is 4. The van der Waals surface area contributed by atoms with E-state index in [9.17, 15) is 4.79 Å². The molecule has 0 atom stereocenters. The van der Waals surface area contributed by atoms with Gasteiger partial charge < -0.3 is 4.74 Å². The van der Waals surface area contributed by atoms with E-state index >= 15 is 0 Å². The topological polar surface area (TPSA) is 73.1 Å². The lowest BCUT2D eigenvalue weighted by Crippen LogP contribution is -2.30. The third kappa shape index (κ3) is 4.36. The number of amides is 1. The number of methoxy groups -OCH3 is 1. The van der Waals surface area contributed by atoms with Crippen molar-refractivity contribution in [3.63, 3.8) is 0 Å². The number of hydrogen-bond acceptors (Lipinski definition) is 7. The molecule has 1 amide bonds. The van der Waals surface area contributed by atoms with Gasteiger partial charge in [0.2, 0.25) is 5.91 Å². The van der Waals surface area contributed by atoms with Crippen LogP contribution in [0, 0.1) is 0 Å². The van der Waals surface area contributed by atoms with Gasteiger partial charge in [0.25, 0.3) is 0 Å². The predicted octanol–water partition coefficient (Wildman–Crippen LogP) is 6.26. The van der Waals surface area contributed by atoms with Crippen molar-refractivity contribution < 1.29 is 9.53 Å². The van der Waals surface area contributed by atoms with Gasteiger partial charge >= 0.3 is 0 Å². The Kier molecular flexibility index (Phi) is 6.38. The molecule has 0 saturated heterocycles. The van der Waals surface area contributed by atoms with Crippen LogP contribution in [0.25, 0.3) is 17.1 Å². The van der Waals surface area contributed by atoms with Crippen LogP contribution < -0.4 is 9.64 Å². The molecule has 3 heterocycles. The molecule has 182 valence electrons. The number of pyridine rings is 1. The van der Waals surface area contributed by atoms with Gasteiger partial charge in [0.05, 0.1) is 29.9 Å². The third-order valence-corrected chi connectivity index (χ3v) is 7.95. The molecule has 0 fully saturated rings. The maximum Gasteiger partial charge on any atom is 0.242 e. The normalized spacial score (nSPS) is 12.1. The van der Waals surface area contributed by atoms with Crippen molar-refractivity contribution in [1.82, 2.24) is 19.7 Å². The number of benzene rings is 3. The second-order valence-electron chi connectivity index (χ2n) is 8.10. The van der Waals surface area contributed by atoms with Gasteiger partial charge in [-0.15, -0.1) is 10.2 Å². The first-order valence-electron chi connectivity index (χ1n) is 11.6. The molecule has 1 aliphatic rings. The Morgan fingerprint density at radius 1 is 0.838 bits per heavy atom. The number of thioether (sulfide) groups is 1. The number of para-hydroxylation sites is 4. The van der Waals surface area contributed by atoms with E-state index in [1.807, 2.05) is 94.4 Å². The van der Waals surface area contributed by atoms with E-state index in [4.69, 9.17) is 4.74 Å². The van der Waals surface area contributed by atoms with Gasteiger partial charge in [-0.2, -0.15) is 0 Å². The van der Waals surface area contributed by atoms with Crippen LogP contribution in [0.2, 0.25) is 0 Å². The standard InChI is InChI=1S/C28H21N5O2S2/c1-35-23-11-5-2-8-20(23)33-27(19-14-16-29-17-15-19)30-31-28(33)36-18-26(34)32-21-9-3-6-12-24(21)37-25-13-7-4-10-22(25)32/h2-17H,18H2,1H3. The van der Waals surface area contributed by atoms with Crippen LogP contribution in [-0.2, 0) is 4.79 Å². The summed E-state index contributed by atoms with van der Waals surface area (Å²) in [5, 5.41) is 9.55. The SMILES string of the molecule is COc1ccccc1-n1c(SCC(=O)N2c3ccccc3Sc3ccccc32)nnc1-c1ccncc1. The average Bonchev–Trinajstić information content (AvgIpc) is 3.38. The fourth-order valence-corrected chi connectivity index (χ4v) is 6.10. The summed E-state index contributed by atoms with van der Waals surface area (Å²) in [5.74, 6) is 1.47. The van der Waals surface area contributed by atoms with Crippen LogP contribution in [-0.4, -0.2) is 38.5 Å². The van der Waals surface area contributed by atoms with E-state index in [1.54, 1.807) is 31.3 Å². The van der Waals surface area contributed by atoms with Crippen LogP contribution in [0.15, 0.2) is 112 Å². The fraction of sp³-hybridized carbons (Fsp3) is 0.0714. The Bertz CT molecular complexity index is 1540. The van der Waals surface area contributed by atoms with Crippen molar-refractivity contribution in [3.05, 3.63) is 97.3 Å². The largest absolute Gasteiger partial charge is 0.495 e. The lowest BCUT2D eigenvalue weighted by atomic mass is 10.2. The van der Waals surface area contributed by atoms with Gasteiger partial charge in [-0.3, -0.25) is 19.2 Å². The van der Waals surface area contributed by atoms with Gasteiger partial charge in [-0.25, -0.2) is 0 Å². The van der Waals surface area contributed by atoms with E-state index in [0.717, 1.165) is 32.4 Å². The molecule has 0 radical (unpaired) electrons. The second-order valence-corrected chi connectivity index (χ2v) is 10.1.